The van der Waals surface area contributed by atoms with Crippen LogP contribution in [0.25, 0.3) is 11.0 Å². The second kappa shape index (κ2) is 7.26. The molecule has 2 aliphatic rings. The molecule has 10 heteroatoms. The summed E-state index contributed by atoms with van der Waals surface area (Å²) in [7, 11) is 0. The van der Waals surface area contributed by atoms with Gasteiger partial charge in [-0.2, -0.15) is 0 Å². The normalized spacial score (nSPS) is 22.1. The summed E-state index contributed by atoms with van der Waals surface area (Å²) in [6.07, 6.45) is 3.05. The molecule has 1 aliphatic heterocycles. The number of halogens is 3. The highest BCUT2D eigenvalue weighted by Gasteiger charge is 2.34. The first-order valence-electron chi connectivity index (χ1n) is 8.48. The van der Waals surface area contributed by atoms with Crippen molar-refractivity contribution in [2.24, 2.45) is 11.7 Å². The van der Waals surface area contributed by atoms with E-state index < -0.39 is 17.2 Å². The number of alkyl halides is 1. The molecule has 0 unspecified atom stereocenters. The van der Waals surface area contributed by atoms with E-state index in [0.717, 1.165) is 18.9 Å². The van der Waals surface area contributed by atoms with E-state index in [1.54, 1.807) is 9.47 Å². The number of nitrogens with zero attached hydrogens (tertiary/aromatic N) is 3. The number of rotatable bonds is 4. The number of carbonyl (C=O) groups is 1. The first-order chi connectivity index (χ1) is 12.4. The maximum atomic E-state index is 14.7. The zero-order valence-electron chi connectivity index (χ0n) is 14.3. The van der Waals surface area contributed by atoms with Gasteiger partial charge >= 0.3 is 5.97 Å². The molecule has 0 amide bonds. The highest BCUT2D eigenvalue weighted by atomic mass is 35.5. The third kappa shape index (κ3) is 3.37. The Kier molecular flexibility index (Phi) is 5.33. The smallest absolute Gasteiger partial charge is 0.341 e. The molecule has 2 atom stereocenters. The Morgan fingerprint density at radius 2 is 2.11 bits per heavy atom. The molecule has 7 nitrogen and oxygen atoms in total. The predicted molar refractivity (Wildman–Crippen MR) is 103 cm³/mol. The van der Waals surface area contributed by atoms with Crippen LogP contribution in [0.5, 0.6) is 0 Å². The van der Waals surface area contributed by atoms with Crippen LogP contribution in [0.2, 0.25) is 0 Å². The molecular weight excluding hydrogens is 398 g/mol. The molecule has 146 valence electrons. The van der Waals surface area contributed by atoms with Crippen LogP contribution in [-0.2, 0) is 0 Å². The van der Waals surface area contributed by atoms with Crippen molar-refractivity contribution in [2.75, 3.05) is 24.5 Å². The van der Waals surface area contributed by atoms with Gasteiger partial charge in [-0.05, 0) is 25.5 Å². The molecule has 2 aromatic heterocycles. The van der Waals surface area contributed by atoms with Crippen LogP contribution in [0, 0.1) is 11.7 Å². The highest BCUT2D eigenvalue weighted by Crippen LogP contribution is 2.37. The van der Waals surface area contributed by atoms with Gasteiger partial charge in [0.15, 0.2) is 11.6 Å². The van der Waals surface area contributed by atoms with Gasteiger partial charge in [0.1, 0.15) is 11.2 Å². The van der Waals surface area contributed by atoms with Gasteiger partial charge in [-0.3, -0.25) is 4.79 Å². The predicted octanol–water partition coefficient (Wildman–Crippen LogP) is 1.99. The molecule has 3 heterocycles. The maximum absolute atomic E-state index is 14.7. The third-order valence-electron chi connectivity index (χ3n) is 5.07. The van der Waals surface area contributed by atoms with Gasteiger partial charge in [0, 0.05) is 31.2 Å². The number of carboxylic acid groups (broad SMARTS) is 1. The average Bonchev–Trinajstić information content (AvgIpc) is 3.37. The van der Waals surface area contributed by atoms with Crippen LogP contribution < -0.4 is 16.1 Å². The van der Waals surface area contributed by atoms with Gasteiger partial charge in [0.05, 0.1) is 10.8 Å². The lowest BCUT2D eigenvalue weighted by molar-refractivity contribution is 0.0695. The fourth-order valence-corrected chi connectivity index (χ4v) is 3.82. The second-order valence-electron chi connectivity index (χ2n) is 6.90. The van der Waals surface area contributed by atoms with E-state index >= 15 is 0 Å². The van der Waals surface area contributed by atoms with Gasteiger partial charge in [0.25, 0.3) is 0 Å². The minimum atomic E-state index is -1.33. The average molecular weight is 417 g/mol. The number of pyridine rings is 2. The summed E-state index contributed by atoms with van der Waals surface area (Å²) < 4.78 is 16.4. The van der Waals surface area contributed by atoms with E-state index in [2.05, 4.69) is 4.98 Å². The van der Waals surface area contributed by atoms with Gasteiger partial charge in [-0.25, -0.2) is 14.2 Å². The van der Waals surface area contributed by atoms with Crippen LogP contribution in [0.3, 0.4) is 0 Å². The van der Waals surface area contributed by atoms with Crippen LogP contribution in [0.1, 0.15) is 29.2 Å². The summed E-state index contributed by atoms with van der Waals surface area (Å²) in [6.45, 7) is 1.30. The van der Waals surface area contributed by atoms with Crippen LogP contribution in [-0.4, -0.2) is 45.6 Å². The van der Waals surface area contributed by atoms with Crippen LogP contribution in [0.4, 0.5) is 10.2 Å². The summed E-state index contributed by atoms with van der Waals surface area (Å²) in [5.74, 6) is -1.84. The molecule has 2 fully saturated rings. The fraction of sp³-hybridized carbons (Fsp3) is 0.471. The molecule has 27 heavy (non-hydrogen) atoms. The van der Waals surface area contributed by atoms with E-state index in [0.29, 0.717) is 25.3 Å². The quantitative estimate of drug-likeness (QED) is 0.738. The first kappa shape index (κ1) is 19.9. The molecular formula is C17H19Cl2FN4O3. The molecule has 4 rings (SSSR count). The molecule has 2 aromatic rings. The zero-order valence-corrected chi connectivity index (χ0v) is 15.8. The number of aromatic nitrogens is 2. The first-order valence-corrected chi connectivity index (χ1v) is 8.92. The zero-order chi connectivity index (χ0) is 18.6. The number of nitrogens with two attached hydrogens (primary N) is 1. The number of carboxylic acids is 1. The topological polar surface area (TPSA) is 101 Å². The Bertz CT molecular complexity index is 963. The van der Waals surface area contributed by atoms with Crippen LogP contribution in [0.15, 0.2) is 17.1 Å². The summed E-state index contributed by atoms with van der Waals surface area (Å²) in [5.41, 5.74) is 4.92. The number of hydrogen-bond donors (Lipinski definition) is 2. The van der Waals surface area contributed by atoms with Crippen molar-refractivity contribution in [3.63, 3.8) is 0 Å². The summed E-state index contributed by atoms with van der Waals surface area (Å²) in [6, 6.07) is 1.17. The van der Waals surface area contributed by atoms with E-state index in [1.807, 2.05) is 0 Å². The third-order valence-corrected chi connectivity index (χ3v) is 5.57. The van der Waals surface area contributed by atoms with Crippen molar-refractivity contribution < 1.29 is 14.3 Å². The monoisotopic (exact) mass is 416 g/mol. The molecule has 1 saturated carbocycles. The Hall–Kier alpha value is -1.90. The van der Waals surface area contributed by atoms with Crippen LogP contribution >= 0.6 is 24.0 Å². The Morgan fingerprint density at radius 1 is 1.41 bits per heavy atom. The van der Waals surface area contributed by atoms with Crippen molar-refractivity contribution >= 4 is 46.8 Å². The molecule has 0 bridgehead atoms. The lowest BCUT2D eigenvalue weighted by Gasteiger charge is -2.19. The summed E-state index contributed by atoms with van der Waals surface area (Å²) >= 11 is 6.27. The van der Waals surface area contributed by atoms with Crippen molar-refractivity contribution in [1.82, 2.24) is 9.55 Å². The van der Waals surface area contributed by atoms with E-state index in [-0.39, 0.29) is 46.5 Å². The van der Waals surface area contributed by atoms with E-state index in [1.165, 1.54) is 6.20 Å². The standard InChI is InChI=1S/C17H18ClFN4O3.ClH/c18-12-7-22(5-8(12)4-20)16-13(19)3-10-14(24)11(17(25)26)6-23(9-1-2-9)15(10)21-16;/h3,6,8-9,12H,1-2,4-5,7,20H2,(H,25,26);1H/t8-,12+;/m0./s1. The minimum Gasteiger partial charge on any atom is -0.477 e. The maximum Gasteiger partial charge on any atom is 0.341 e. The van der Waals surface area contributed by atoms with E-state index in [4.69, 9.17) is 17.3 Å². The van der Waals surface area contributed by atoms with Gasteiger partial charge < -0.3 is 20.3 Å². The SMILES string of the molecule is Cl.NC[C@H]1CN(c2nc3c(cc2F)c(=O)c(C(=O)O)cn3C2CC2)C[C@H]1Cl. The molecule has 0 spiro atoms. The number of fused-ring (bicyclic) bond motifs is 1. The number of hydrogen-bond acceptors (Lipinski definition) is 5. The number of aromatic carboxylic acids is 1. The van der Waals surface area contributed by atoms with Gasteiger partial charge in [0.2, 0.25) is 5.43 Å². The molecule has 0 aromatic carbocycles. The summed E-state index contributed by atoms with van der Waals surface area (Å²) in [4.78, 5) is 29.9. The van der Waals surface area contributed by atoms with E-state index in [9.17, 15) is 19.1 Å². The summed E-state index contributed by atoms with van der Waals surface area (Å²) in [5, 5.41) is 9.06. The Labute approximate surface area is 165 Å². The van der Waals surface area contributed by atoms with Crippen molar-refractivity contribution in [2.45, 2.75) is 24.3 Å². The molecule has 1 aliphatic carbocycles. The highest BCUT2D eigenvalue weighted by molar-refractivity contribution is 6.21. The van der Waals surface area contributed by atoms with Gasteiger partial charge in [-0.1, -0.05) is 0 Å². The fourth-order valence-electron chi connectivity index (χ4n) is 3.47. The lowest BCUT2D eigenvalue weighted by atomic mass is 10.1. The lowest BCUT2D eigenvalue weighted by Crippen LogP contribution is -2.26. The van der Waals surface area contributed by atoms with Gasteiger partial charge in [-0.15, -0.1) is 24.0 Å². The largest absolute Gasteiger partial charge is 0.477 e. The Morgan fingerprint density at radius 3 is 2.67 bits per heavy atom. The second-order valence-corrected chi connectivity index (χ2v) is 7.46. The van der Waals surface area contributed by atoms with Crippen molar-refractivity contribution in [3.8, 4) is 0 Å². The molecule has 0 radical (unpaired) electrons. The van der Waals surface area contributed by atoms with Crippen molar-refractivity contribution in [3.05, 3.63) is 33.9 Å². The van der Waals surface area contributed by atoms with Crippen molar-refractivity contribution in [1.29, 1.82) is 0 Å². The Balaban J connectivity index is 0.00000210. The minimum absolute atomic E-state index is 0. The number of anilines is 1. The molecule has 1 saturated heterocycles. The molecule has 3 N–H and O–H groups in total.